The largest absolute Gasteiger partial charge is 0.447 e. The maximum atomic E-state index is 12.4. The molecule has 1 aliphatic rings. The number of carbonyl (C=O) groups is 2. The summed E-state index contributed by atoms with van der Waals surface area (Å²) in [6.07, 6.45) is 3.76. The van der Waals surface area contributed by atoms with Gasteiger partial charge in [0.2, 0.25) is 5.91 Å². The Labute approximate surface area is 144 Å². The molecule has 3 heterocycles. The van der Waals surface area contributed by atoms with Crippen LogP contribution in [0.2, 0.25) is 0 Å². The second-order valence-electron chi connectivity index (χ2n) is 5.64. The van der Waals surface area contributed by atoms with Gasteiger partial charge in [-0.05, 0) is 37.1 Å². The number of thiophene rings is 1. The number of hydrogen-bond acceptors (Lipinski definition) is 5. The van der Waals surface area contributed by atoms with Gasteiger partial charge in [0.1, 0.15) is 12.6 Å². The Morgan fingerprint density at radius 1 is 1.46 bits per heavy atom. The number of amides is 2. The lowest BCUT2D eigenvalue weighted by Gasteiger charge is -2.20. The summed E-state index contributed by atoms with van der Waals surface area (Å²) in [5.41, 5.74) is 1.06. The SMILES string of the molecule is Cc1ccc(CN2C(=O)OC[C@H]2C(=O)NCCc2cccnc2)s1. The molecule has 24 heavy (non-hydrogen) atoms. The number of hydrogen-bond donors (Lipinski definition) is 1. The quantitative estimate of drug-likeness (QED) is 0.871. The van der Waals surface area contributed by atoms with Gasteiger partial charge in [-0.2, -0.15) is 0 Å². The van der Waals surface area contributed by atoms with Gasteiger partial charge in [-0.25, -0.2) is 4.79 Å². The van der Waals surface area contributed by atoms with Crippen molar-refractivity contribution in [3.05, 3.63) is 52.0 Å². The number of aromatic nitrogens is 1. The van der Waals surface area contributed by atoms with Crippen LogP contribution >= 0.6 is 11.3 Å². The fourth-order valence-electron chi connectivity index (χ4n) is 2.57. The molecule has 1 fully saturated rings. The highest BCUT2D eigenvalue weighted by Gasteiger charge is 2.38. The van der Waals surface area contributed by atoms with Gasteiger partial charge in [-0.15, -0.1) is 11.3 Å². The molecule has 2 aromatic rings. The number of rotatable bonds is 6. The summed E-state index contributed by atoms with van der Waals surface area (Å²) in [5, 5.41) is 2.88. The van der Waals surface area contributed by atoms with Crippen molar-refractivity contribution in [1.82, 2.24) is 15.2 Å². The molecule has 0 radical (unpaired) electrons. The van der Waals surface area contributed by atoms with E-state index in [1.54, 1.807) is 23.7 Å². The van der Waals surface area contributed by atoms with E-state index in [9.17, 15) is 9.59 Å². The van der Waals surface area contributed by atoms with Gasteiger partial charge in [0.05, 0.1) is 6.54 Å². The number of nitrogens with one attached hydrogen (secondary N) is 1. The Bertz CT molecular complexity index is 717. The smallest absolute Gasteiger partial charge is 0.410 e. The fourth-order valence-corrected chi connectivity index (χ4v) is 3.46. The molecule has 126 valence electrons. The van der Waals surface area contributed by atoms with Crippen LogP contribution in [-0.2, 0) is 22.5 Å². The average molecular weight is 345 g/mol. The van der Waals surface area contributed by atoms with Gasteiger partial charge in [0.15, 0.2) is 0 Å². The van der Waals surface area contributed by atoms with Crippen LogP contribution in [0.15, 0.2) is 36.7 Å². The monoisotopic (exact) mass is 345 g/mol. The van der Waals surface area contributed by atoms with Crippen LogP contribution in [-0.4, -0.2) is 41.1 Å². The first kappa shape index (κ1) is 16.4. The summed E-state index contributed by atoms with van der Waals surface area (Å²) in [5.74, 6) is -0.182. The lowest BCUT2D eigenvalue weighted by Crippen LogP contribution is -2.45. The van der Waals surface area contributed by atoms with Crippen molar-refractivity contribution in [2.24, 2.45) is 0 Å². The predicted molar refractivity (Wildman–Crippen MR) is 90.7 cm³/mol. The minimum Gasteiger partial charge on any atom is -0.447 e. The minimum absolute atomic E-state index is 0.0991. The van der Waals surface area contributed by atoms with Crippen LogP contribution in [0.1, 0.15) is 15.3 Å². The molecule has 1 aliphatic heterocycles. The summed E-state index contributed by atoms with van der Waals surface area (Å²) < 4.78 is 5.06. The maximum absolute atomic E-state index is 12.4. The first-order valence-corrected chi connectivity index (χ1v) is 8.60. The van der Waals surface area contributed by atoms with E-state index in [-0.39, 0.29) is 12.5 Å². The number of carbonyl (C=O) groups excluding carboxylic acids is 2. The molecule has 1 N–H and O–H groups in total. The Morgan fingerprint density at radius 2 is 2.33 bits per heavy atom. The zero-order valence-corrected chi connectivity index (χ0v) is 14.2. The molecular formula is C17H19N3O3S. The minimum atomic E-state index is -0.575. The Balaban J connectivity index is 1.55. The van der Waals surface area contributed by atoms with E-state index >= 15 is 0 Å². The third-order valence-electron chi connectivity index (χ3n) is 3.84. The number of ether oxygens (including phenoxy) is 1. The molecule has 0 bridgehead atoms. The van der Waals surface area contributed by atoms with Gasteiger partial charge < -0.3 is 10.1 Å². The van der Waals surface area contributed by atoms with E-state index in [1.165, 1.54) is 9.78 Å². The zero-order chi connectivity index (χ0) is 16.9. The molecule has 3 rings (SSSR count). The van der Waals surface area contributed by atoms with Crippen LogP contribution in [0, 0.1) is 6.92 Å². The van der Waals surface area contributed by atoms with E-state index in [2.05, 4.69) is 10.3 Å². The summed E-state index contributed by atoms with van der Waals surface area (Å²) in [6, 6.07) is 7.24. The van der Waals surface area contributed by atoms with Crippen molar-refractivity contribution in [2.75, 3.05) is 13.2 Å². The van der Waals surface area contributed by atoms with Gasteiger partial charge in [-0.3, -0.25) is 14.7 Å². The normalized spacial score (nSPS) is 17.0. The lowest BCUT2D eigenvalue weighted by atomic mass is 10.2. The summed E-state index contributed by atoms with van der Waals surface area (Å²) >= 11 is 1.62. The summed E-state index contributed by atoms with van der Waals surface area (Å²) in [6.45, 7) is 3.01. The standard InChI is InChI=1S/C17H19N3O3S/c1-12-4-5-14(24-12)10-20-15(11-23-17(20)22)16(21)19-8-6-13-3-2-7-18-9-13/h2-5,7,9,15H,6,8,10-11H2,1H3,(H,19,21)/t15-/m0/s1. The summed E-state index contributed by atoms with van der Waals surface area (Å²) in [4.78, 5) is 32.1. The van der Waals surface area contributed by atoms with Crippen molar-refractivity contribution in [2.45, 2.75) is 25.9 Å². The van der Waals surface area contributed by atoms with Crippen molar-refractivity contribution in [1.29, 1.82) is 0 Å². The van der Waals surface area contributed by atoms with E-state index in [1.807, 2.05) is 31.2 Å². The van der Waals surface area contributed by atoms with Gasteiger partial charge in [-0.1, -0.05) is 6.07 Å². The molecule has 1 saturated heterocycles. The highest BCUT2D eigenvalue weighted by molar-refractivity contribution is 7.11. The number of aryl methyl sites for hydroxylation is 1. The van der Waals surface area contributed by atoms with Crippen molar-refractivity contribution in [3.63, 3.8) is 0 Å². The van der Waals surface area contributed by atoms with Crippen molar-refractivity contribution in [3.8, 4) is 0 Å². The predicted octanol–water partition coefficient (Wildman–Crippen LogP) is 2.13. The molecule has 0 unspecified atom stereocenters. The van der Waals surface area contributed by atoms with Crippen molar-refractivity contribution < 1.29 is 14.3 Å². The third-order valence-corrected chi connectivity index (χ3v) is 4.82. The molecule has 6 nitrogen and oxygen atoms in total. The van der Waals surface area contributed by atoms with Crippen molar-refractivity contribution >= 4 is 23.3 Å². The fraction of sp³-hybridized carbons (Fsp3) is 0.353. The Kier molecular flexibility index (Phi) is 5.10. The van der Waals surface area contributed by atoms with E-state index in [4.69, 9.17) is 4.74 Å². The van der Waals surface area contributed by atoms with Crippen LogP contribution in [0.3, 0.4) is 0 Å². The van der Waals surface area contributed by atoms with Gasteiger partial charge in [0.25, 0.3) is 0 Å². The van der Waals surface area contributed by atoms with Crippen LogP contribution in [0.4, 0.5) is 4.79 Å². The second-order valence-corrected chi connectivity index (χ2v) is 7.01. The lowest BCUT2D eigenvalue weighted by molar-refractivity contribution is -0.124. The molecule has 0 aliphatic carbocycles. The molecule has 1 atom stereocenters. The molecule has 7 heteroatoms. The van der Waals surface area contributed by atoms with E-state index in [0.29, 0.717) is 19.5 Å². The van der Waals surface area contributed by atoms with Gasteiger partial charge >= 0.3 is 6.09 Å². The van der Waals surface area contributed by atoms with Gasteiger partial charge in [0, 0.05) is 28.7 Å². The first-order valence-electron chi connectivity index (χ1n) is 7.79. The highest BCUT2D eigenvalue weighted by Crippen LogP contribution is 2.21. The number of pyridine rings is 1. The maximum Gasteiger partial charge on any atom is 0.410 e. The van der Waals surface area contributed by atoms with Crippen LogP contribution in [0.5, 0.6) is 0 Å². The topological polar surface area (TPSA) is 71.5 Å². The molecule has 0 spiro atoms. The first-order chi connectivity index (χ1) is 11.6. The van der Waals surface area contributed by atoms with E-state index < -0.39 is 12.1 Å². The molecule has 2 aromatic heterocycles. The number of nitrogens with zero attached hydrogens (tertiary/aromatic N) is 2. The highest BCUT2D eigenvalue weighted by atomic mass is 32.1. The third kappa shape index (κ3) is 3.91. The van der Waals surface area contributed by atoms with E-state index in [0.717, 1.165) is 10.4 Å². The Hall–Kier alpha value is -2.41. The molecule has 2 amide bonds. The average Bonchev–Trinajstić information content (AvgIpc) is 3.15. The van der Waals surface area contributed by atoms with Crippen LogP contribution in [0.25, 0.3) is 0 Å². The van der Waals surface area contributed by atoms with Crippen LogP contribution < -0.4 is 5.32 Å². The Morgan fingerprint density at radius 3 is 3.04 bits per heavy atom. The number of cyclic esters (lactones) is 1. The summed E-state index contributed by atoms with van der Waals surface area (Å²) in [7, 11) is 0. The molecular weight excluding hydrogens is 326 g/mol. The second kappa shape index (κ2) is 7.44. The zero-order valence-electron chi connectivity index (χ0n) is 13.4. The molecule has 0 aromatic carbocycles. The molecule has 0 saturated carbocycles.